The number of hydrogen-bond donors (Lipinski definition) is 2. The smallest absolute Gasteiger partial charge is 0.120 e. The molecular formula is C42H36N2O2. The normalized spacial score (nSPS) is 12.6. The van der Waals surface area contributed by atoms with E-state index in [0.717, 1.165) is 33.4 Å². The predicted octanol–water partition coefficient (Wildman–Crippen LogP) is 8.53. The Morgan fingerprint density at radius 1 is 0.348 bits per heavy atom. The van der Waals surface area contributed by atoms with Gasteiger partial charge in [-0.25, -0.2) is 0 Å². The van der Waals surface area contributed by atoms with Gasteiger partial charge in [0, 0.05) is 12.8 Å². The fraction of sp³-hybridized carbons (Fsp3) is 0.0952. The fourth-order valence-corrected chi connectivity index (χ4v) is 5.85. The van der Waals surface area contributed by atoms with Crippen LogP contribution >= 0.6 is 0 Å². The topological polar surface area (TPSA) is 65.2 Å². The van der Waals surface area contributed by atoms with Gasteiger partial charge in [-0.2, -0.15) is 10.2 Å². The summed E-state index contributed by atoms with van der Waals surface area (Å²) in [4.78, 5) is 0. The largest absolute Gasteiger partial charge is 0.380 e. The molecule has 6 rings (SSSR count). The van der Waals surface area contributed by atoms with Gasteiger partial charge >= 0.3 is 0 Å². The van der Waals surface area contributed by atoms with Crippen molar-refractivity contribution in [3.8, 4) is 0 Å². The third kappa shape index (κ3) is 6.79. The summed E-state index contributed by atoms with van der Waals surface area (Å²) in [5.41, 5.74) is 3.26. The van der Waals surface area contributed by atoms with Gasteiger partial charge in [-0.05, 0) is 33.4 Å². The van der Waals surface area contributed by atoms with Crippen molar-refractivity contribution in [1.29, 1.82) is 0 Å². The maximum atomic E-state index is 12.5. The maximum absolute atomic E-state index is 12.5. The minimum Gasteiger partial charge on any atom is -0.380 e. The molecule has 0 unspecified atom stereocenters. The SMILES string of the molecule is OC(CC(=NN=C(CC(O)(c1ccccc1)c1ccccc1)c1ccccc1)c1ccccc1)(c1ccccc1)c1ccccc1. The van der Waals surface area contributed by atoms with E-state index in [4.69, 9.17) is 10.2 Å². The van der Waals surface area contributed by atoms with Gasteiger partial charge in [0.15, 0.2) is 0 Å². The van der Waals surface area contributed by atoms with Gasteiger partial charge in [0.25, 0.3) is 0 Å². The second-order valence-electron chi connectivity index (χ2n) is 11.4. The summed E-state index contributed by atoms with van der Waals surface area (Å²) >= 11 is 0. The third-order valence-electron chi connectivity index (χ3n) is 8.36. The third-order valence-corrected chi connectivity index (χ3v) is 8.36. The van der Waals surface area contributed by atoms with E-state index in [0.29, 0.717) is 11.4 Å². The Labute approximate surface area is 270 Å². The summed E-state index contributed by atoms with van der Waals surface area (Å²) < 4.78 is 0. The van der Waals surface area contributed by atoms with Gasteiger partial charge in [0.1, 0.15) is 11.2 Å². The summed E-state index contributed by atoms with van der Waals surface area (Å²) in [6.07, 6.45) is 0.358. The molecule has 46 heavy (non-hydrogen) atoms. The highest BCUT2D eigenvalue weighted by molar-refractivity contribution is 6.04. The van der Waals surface area contributed by atoms with Crippen LogP contribution in [-0.4, -0.2) is 21.6 Å². The molecule has 0 amide bonds. The van der Waals surface area contributed by atoms with Crippen LogP contribution in [0.15, 0.2) is 192 Å². The van der Waals surface area contributed by atoms with Gasteiger partial charge in [-0.3, -0.25) is 0 Å². The molecule has 0 fully saturated rings. The first-order valence-corrected chi connectivity index (χ1v) is 15.5. The molecule has 0 bridgehead atoms. The summed E-state index contributed by atoms with van der Waals surface area (Å²) in [5, 5.41) is 34.8. The van der Waals surface area contributed by atoms with Crippen molar-refractivity contribution >= 4 is 11.4 Å². The lowest BCUT2D eigenvalue weighted by molar-refractivity contribution is 0.0882. The highest BCUT2D eigenvalue weighted by Gasteiger charge is 2.35. The quantitative estimate of drug-likeness (QED) is 0.116. The first kappa shape index (κ1) is 30.6. The second kappa shape index (κ2) is 14.1. The molecule has 0 aromatic heterocycles. The van der Waals surface area contributed by atoms with Crippen LogP contribution in [0, 0.1) is 0 Å². The molecule has 0 saturated heterocycles. The van der Waals surface area contributed by atoms with E-state index in [2.05, 4.69) is 0 Å². The van der Waals surface area contributed by atoms with Crippen molar-refractivity contribution < 1.29 is 10.2 Å². The average Bonchev–Trinajstić information content (AvgIpc) is 3.14. The first-order chi connectivity index (χ1) is 22.6. The van der Waals surface area contributed by atoms with E-state index in [9.17, 15) is 10.2 Å². The zero-order valence-electron chi connectivity index (χ0n) is 25.5. The molecule has 0 heterocycles. The van der Waals surface area contributed by atoms with Crippen molar-refractivity contribution in [2.45, 2.75) is 24.0 Å². The van der Waals surface area contributed by atoms with Crippen molar-refractivity contribution in [3.63, 3.8) is 0 Å². The van der Waals surface area contributed by atoms with Crippen LogP contribution < -0.4 is 0 Å². The summed E-state index contributed by atoms with van der Waals surface area (Å²) in [6.45, 7) is 0. The lowest BCUT2D eigenvalue weighted by atomic mass is 9.81. The molecule has 226 valence electrons. The van der Waals surface area contributed by atoms with E-state index >= 15 is 0 Å². The van der Waals surface area contributed by atoms with Crippen LogP contribution in [0.1, 0.15) is 46.2 Å². The Bertz CT molecular complexity index is 1650. The van der Waals surface area contributed by atoms with Crippen molar-refractivity contribution in [3.05, 3.63) is 215 Å². The Morgan fingerprint density at radius 2 is 0.565 bits per heavy atom. The molecule has 2 N–H and O–H groups in total. The van der Waals surface area contributed by atoms with E-state index in [-0.39, 0.29) is 12.8 Å². The summed E-state index contributed by atoms with van der Waals surface area (Å²) in [6, 6.07) is 58.4. The molecule has 6 aromatic rings. The minimum absolute atomic E-state index is 0.179. The minimum atomic E-state index is -1.37. The van der Waals surface area contributed by atoms with E-state index in [1.165, 1.54) is 0 Å². The monoisotopic (exact) mass is 600 g/mol. The fourth-order valence-electron chi connectivity index (χ4n) is 5.85. The molecule has 4 nitrogen and oxygen atoms in total. The van der Waals surface area contributed by atoms with Gasteiger partial charge in [-0.15, -0.1) is 0 Å². The van der Waals surface area contributed by atoms with Gasteiger partial charge < -0.3 is 10.2 Å². The molecule has 0 aliphatic carbocycles. The van der Waals surface area contributed by atoms with Crippen LogP contribution in [0.2, 0.25) is 0 Å². The molecule has 6 aromatic carbocycles. The van der Waals surface area contributed by atoms with Gasteiger partial charge in [0.2, 0.25) is 0 Å². The first-order valence-electron chi connectivity index (χ1n) is 15.5. The van der Waals surface area contributed by atoms with Crippen LogP contribution in [0.4, 0.5) is 0 Å². The van der Waals surface area contributed by atoms with Gasteiger partial charge in [-0.1, -0.05) is 182 Å². The number of nitrogens with zero attached hydrogens (tertiary/aromatic N) is 2. The highest BCUT2D eigenvalue weighted by atomic mass is 16.3. The van der Waals surface area contributed by atoms with Crippen molar-refractivity contribution in [2.24, 2.45) is 10.2 Å². The van der Waals surface area contributed by atoms with Crippen molar-refractivity contribution in [2.75, 3.05) is 0 Å². The zero-order chi connectivity index (χ0) is 31.7. The van der Waals surface area contributed by atoms with Crippen LogP contribution in [-0.2, 0) is 11.2 Å². The molecule has 4 heteroatoms. The molecule has 0 radical (unpaired) electrons. The molecule has 0 atom stereocenters. The van der Waals surface area contributed by atoms with Crippen LogP contribution in [0.3, 0.4) is 0 Å². The highest BCUT2D eigenvalue weighted by Crippen LogP contribution is 2.36. The molecule has 0 aliphatic rings. The lowest BCUT2D eigenvalue weighted by Gasteiger charge is -2.30. The van der Waals surface area contributed by atoms with Crippen molar-refractivity contribution in [1.82, 2.24) is 0 Å². The number of benzene rings is 6. The summed E-state index contributed by atoms with van der Waals surface area (Å²) in [7, 11) is 0. The number of rotatable bonds is 11. The maximum Gasteiger partial charge on any atom is 0.120 e. The van der Waals surface area contributed by atoms with E-state index in [1.54, 1.807) is 0 Å². The van der Waals surface area contributed by atoms with E-state index in [1.807, 2.05) is 182 Å². The second-order valence-corrected chi connectivity index (χ2v) is 11.4. The molecular weight excluding hydrogens is 564 g/mol. The Kier molecular flexibility index (Phi) is 9.40. The average molecular weight is 601 g/mol. The zero-order valence-corrected chi connectivity index (χ0v) is 25.5. The van der Waals surface area contributed by atoms with E-state index < -0.39 is 11.2 Å². The van der Waals surface area contributed by atoms with Crippen LogP contribution in [0.5, 0.6) is 0 Å². The molecule has 0 aliphatic heterocycles. The standard InChI is InChI=1S/C42H36N2O2/c45-41(35-23-11-3-12-24-35,36-25-13-4-14-26-36)31-39(33-19-7-1-8-20-33)43-44-40(34-21-9-2-10-22-34)32-42(46,37-27-15-5-16-28-37)38-29-17-6-18-30-38/h1-30,45-46H,31-32H2. The molecule has 0 saturated carbocycles. The predicted molar refractivity (Wildman–Crippen MR) is 187 cm³/mol. The Balaban J connectivity index is 1.50. The number of aliphatic hydroxyl groups is 2. The molecule has 0 spiro atoms. The summed E-state index contributed by atoms with van der Waals surface area (Å²) in [5.74, 6) is 0. The van der Waals surface area contributed by atoms with Gasteiger partial charge in [0.05, 0.1) is 11.4 Å². The Hall–Kier alpha value is -5.42. The Morgan fingerprint density at radius 3 is 0.804 bits per heavy atom. The van der Waals surface area contributed by atoms with Crippen LogP contribution in [0.25, 0.3) is 0 Å². The number of hydrogen-bond acceptors (Lipinski definition) is 4. The lowest BCUT2D eigenvalue weighted by Crippen LogP contribution is -2.31.